The van der Waals surface area contributed by atoms with E-state index in [-0.39, 0.29) is 17.6 Å². The van der Waals surface area contributed by atoms with E-state index in [1.807, 2.05) is 13.0 Å². The van der Waals surface area contributed by atoms with Crippen LogP contribution in [0.3, 0.4) is 0 Å². The number of methoxy groups -OCH3 is 1. The van der Waals surface area contributed by atoms with E-state index >= 15 is 0 Å². The summed E-state index contributed by atoms with van der Waals surface area (Å²) in [5.41, 5.74) is 1.14. The second-order valence-corrected chi connectivity index (χ2v) is 8.76. The molecule has 10 heteroatoms. The van der Waals surface area contributed by atoms with Crippen molar-refractivity contribution in [3.8, 4) is 34.7 Å². The zero-order chi connectivity index (χ0) is 24.8. The molecule has 1 saturated carbocycles. The van der Waals surface area contributed by atoms with E-state index in [0.29, 0.717) is 48.0 Å². The first kappa shape index (κ1) is 24.8. The molecule has 0 atom stereocenters. The highest BCUT2D eigenvalue weighted by Crippen LogP contribution is 2.32. The molecule has 2 N–H and O–H groups in total. The van der Waals surface area contributed by atoms with Crippen molar-refractivity contribution >= 4 is 17.5 Å². The molecular formula is C25H28ClN5O4. The quantitative estimate of drug-likeness (QED) is 0.472. The predicted molar refractivity (Wildman–Crippen MR) is 131 cm³/mol. The summed E-state index contributed by atoms with van der Waals surface area (Å²) in [7, 11) is 1.59. The third kappa shape index (κ3) is 5.68. The molecule has 0 radical (unpaired) electrons. The van der Waals surface area contributed by atoms with E-state index in [2.05, 4.69) is 25.3 Å². The molecule has 1 fully saturated rings. The number of ether oxygens (including phenoxy) is 2. The van der Waals surface area contributed by atoms with Crippen molar-refractivity contribution in [2.24, 2.45) is 0 Å². The number of pyridine rings is 1. The fourth-order valence-electron chi connectivity index (χ4n) is 4.20. The number of halogens is 1. The molecule has 3 aromatic rings. The van der Waals surface area contributed by atoms with Crippen LogP contribution >= 0.6 is 11.6 Å². The van der Waals surface area contributed by atoms with Crippen LogP contribution in [-0.4, -0.2) is 50.3 Å². The Balaban J connectivity index is 1.56. The number of rotatable bonds is 8. The summed E-state index contributed by atoms with van der Waals surface area (Å²) < 4.78 is 11.0. The Morgan fingerprint density at radius 1 is 1.11 bits per heavy atom. The molecule has 9 nitrogen and oxygen atoms in total. The lowest BCUT2D eigenvalue weighted by atomic mass is 9.84. The highest BCUT2D eigenvalue weighted by Gasteiger charge is 2.39. The molecule has 2 heterocycles. The van der Waals surface area contributed by atoms with Crippen LogP contribution in [-0.2, 0) is 16.1 Å². The van der Waals surface area contributed by atoms with Gasteiger partial charge >= 0.3 is 6.01 Å². The minimum Gasteiger partial charge on any atom is -0.479 e. The SMILES string of the molecule is CCOc1ccc(-c2nc(O)nc(-c3cc(CNC(=O)C4(OC)CCCCC4)ccc3Cl)n2)cn1. The van der Waals surface area contributed by atoms with E-state index in [9.17, 15) is 9.90 Å². The van der Waals surface area contributed by atoms with Crippen molar-refractivity contribution in [2.45, 2.75) is 51.2 Å². The Hall–Kier alpha value is -3.30. The number of aromatic nitrogens is 4. The number of aromatic hydroxyl groups is 1. The fraction of sp³-hybridized carbons (Fsp3) is 0.400. The first-order chi connectivity index (χ1) is 16.9. The maximum Gasteiger partial charge on any atom is 0.318 e. The summed E-state index contributed by atoms with van der Waals surface area (Å²) in [5, 5.41) is 13.6. The first-order valence-electron chi connectivity index (χ1n) is 11.6. The van der Waals surface area contributed by atoms with Crippen LogP contribution in [0.2, 0.25) is 5.02 Å². The van der Waals surface area contributed by atoms with Gasteiger partial charge in [0.05, 0.1) is 11.6 Å². The summed E-state index contributed by atoms with van der Waals surface area (Å²) >= 11 is 6.45. The number of nitrogens with one attached hydrogen (secondary N) is 1. The number of carbonyl (C=O) groups excluding carboxylic acids is 1. The van der Waals surface area contributed by atoms with Crippen molar-refractivity contribution in [3.05, 3.63) is 47.1 Å². The monoisotopic (exact) mass is 497 g/mol. The molecule has 0 spiro atoms. The van der Waals surface area contributed by atoms with Crippen LogP contribution in [0.1, 0.15) is 44.6 Å². The maximum absolute atomic E-state index is 12.9. The number of benzene rings is 1. The molecule has 4 rings (SSSR count). The average molecular weight is 498 g/mol. The predicted octanol–water partition coefficient (Wildman–Crippen LogP) is 4.32. The number of amides is 1. The molecule has 0 unspecified atom stereocenters. The zero-order valence-corrected chi connectivity index (χ0v) is 20.5. The molecule has 1 aliphatic carbocycles. The van der Waals surface area contributed by atoms with Gasteiger partial charge in [0.15, 0.2) is 11.6 Å². The van der Waals surface area contributed by atoms with Crippen LogP contribution in [0.4, 0.5) is 0 Å². The normalized spacial score (nSPS) is 14.9. The summed E-state index contributed by atoms with van der Waals surface area (Å²) in [6.45, 7) is 2.67. The van der Waals surface area contributed by atoms with E-state index in [0.717, 1.165) is 24.8 Å². The summed E-state index contributed by atoms with van der Waals surface area (Å²) in [5.74, 6) is 0.827. The van der Waals surface area contributed by atoms with E-state index in [1.165, 1.54) is 0 Å². The minimum absolute atomic E-state index is 0.112. The van der Waals surface area contributed by atoms with Crippen LogP contribution in [0.25, 0.3) is 22.8 Å². The van der Waals surface area contributed by atoms with Gasteiger partial charge in [-0.2, -0.15) is 9.97 Å². The lowest BCUT2D eigenvalue weighted by Gasteiger charge is -2.34. The molecular weight excluding hydrogens is 470 g/mol. The number of nitrogens with zero attached hydrogens (tertiary/aromatic N) is 4. The van der Waals surface area contributed by atoms with Gasteiger partial charge in [0.1, 0.15) is 5.60 Å². The molecule has 2 aromatic heterocycles. The van der Waals surface area contributed by atoms with Gasteiger partial charge in [0.25, 0.3) is 5.91 Å². The Labute approximate surface area is 208 Å². The summed E-state index contributed by atoms with van der Waals surface area (Å²) in [6.07, 6.45) is 6.06. The second-order valence-electron chi connectivity index (χ2n) is 8.36. The number of hydrogen-bond acceptors (Lipinski definition) is 8. The zero-order valence-electron chi connectivity index (χ0n) is 19.8. The highest BCUT2D eigenvalue weighted by atomic mass is 35.5. The van der Waals surface area contributed by atoms with Crippen LogP contribution in [0.5, 0.6) is 11.9 Å². The molecule has 0 saturated heterocycles. The standard InChI is InChI=1S/C25H28ClN5O4/c1-3-35-20-10-8-17(15-27-20)21-29-22(31-24(33)30-21)18-13-16(7-9-19(18)26)14-28-23(32)25(34-2)11-5-4-6-12-25/h7-10,13,15H,3-6,11-12,14H2,1-2H3,(H,28,32)(H,29,30,31,33). The Bertz CT molecular complexity index is 1180. The molecule has 0 aliphatic heterocycles. The first-order valence-corrected chi connectivity index (χ1v) is 12.0. The van der Waals surface area contributed by atoms with Crippen molar-refractivity contribution in [1.82, 2.24) is 25.3 Å². The van der Waals surface area contributed by atoms with Crippen molar-refractivity contribution in [3.63, 3.8) is 0 Å². The van der Waals surface area contributed by atoms with Crippen molar-refractivity contribution in [1.29, 1.82) is 0 Å². The largest absolute Gasteiger partial charge is 0.479 e. The highest BCUT2D eigenvalue weighted by molar-refractivity contribution is 6.33. The van der Waals surface area contributed by atoms with E-state index in [4.69, 9.17) is 21.1 Å². The maximum atomic E-state index is 12.9. The molecule has 1 aliphatic rings. The Morgan fingerprint density at radius 2 is 1.89 bits per heavy atom. The van der Waals surface area contributed by atoms with Gasteiger partial charge in [0, 0.05) is 37.0 Å². The minimum atomic E-state index is -0.770. The van der Waals surface area contributed by atoms with Crippen molar-refractivity contribution in [2.75, 3.05) is 13.7 Å². The van der Waals surface area contributed by atoms with Gasteiger partial charge in [-0.15, -0.1) is 0 Å². The van der Waals surface area contributed by atoms with Crippen LogP contribution < -0.4 is 10.1 Å². The Morgan fingerprint density at radius 3 is 2.57 bits per heavy atom. The van der Waals surface area contributed by atoms with Gasteiger partial charge in [-0.3, -0.25) is 4.79 Å². The van der Waals surface area contributed by atoms with Gasteiger partial charge < -0.3 is 19.9 Å². The van der Waals surface area contributed by atoms with Crippen LogP contribution in [0, 0.1) is 0 Å². The third-order valence-electron chi connectivity index (χ3n) is 6.10. The topological polar surface area (TPSA) is 119 Å². The molecule has 0 bridgehead atoms. The third-order valence-corrected chi connectivity index (χ3v) is 6.43. The molecule has 1 aromatic carbocycles. The fourth-order valence-corrected chi connectivity index (χ4v) is 4.41. The summed E-state index contributed by atoms with van der Waals surface area (Å²) in [6, 6.07) is 8.34. The Kier molecular flexibility index (Phi) is 7.77. The number of hydrogen-bond donors (Lipinski definition) is 2. The molecule has 184 valence electrons. The summed E-state index contributed by atoms with van der Waals surface area (Å²) in [4.78, 5) is 29.7. The number of carbonyl (C=O) groups is 1. The lowest BCUT2D eigenvalue weighted by Crippen LogP contribution is -2.49. The van der Waals surface area contributed by atoms with Gasteiger partial charge in [0.2, 0.25) is 5.88 Å². The average Bonchev–Trinajstić information content (AvgIpc) is 2.88. The van der Waals surface area contributed by atoms with Crippen LogP contribution in [0.15, 0.2) is 36.5 Å². The molecule has 35 heavy (non-hydrogen) atoms. The van der Waals surface area contributed by atoms with Gasteiger partial charge in [-0.25, -0.2) is 9.97 Å². The van der Waals surface area contributed by atoms with Crippen molar-refractivity contribution < 1.29 is 19.4 Å². The second kappa shape index (κ2) is 11.0. The van der Waals surface area contributed by atoms with E-state index < -0.39 is 11.6 Å². The van der Waals surface area contributed by atoms with Gasteiger partial charge in [-0.1, -0.05) is 36.9 Å². The smallest absolute Gasteiger partial charge is 0.318 e. The molecule has 1 amide bonds. The van der Waals surface area contributed by atoms with E-state index in [1.54, 1.807) is 37.6 Å². The van der Waals surface area contributed by atoms with Gasteiger partial charge in [-0.05, 0) is 43.5 Å². The lowest BCUT2D eigenvalue weighted by molar-refractivity contribution is -0.147.